The topological polar surface area (TPSA) is 76.9 Å². The number of hydrogen-bond donors (Lipinski definition) is 2. The summed E-state index contributed by atoms with van der Waals surface area (Å²) in [6, 6.07) is 0. The van der Waals surface area contributed by atoms with Crippen LogP contribution in [0.2, 0.25) is 0 Å². The first-order chi connectivity index (χ1) is 9.81. The summed E-state index contributed by atoms with van der Waals surface area (Å²) in [5.41, 5.74) is 7.10. The molecular weight excluding hydrogens is 264 g/mol. The maximum absolute atomic E-state index is 7.77. The minimum atomic E-state index is 0.0283. The number of aromatic nitrogens is 2. The van der Waals surface area contributed by atoms with Crippen molar-refractivity contribution in [1.29, 1.82) is 5.41 Å². The number of nitrogens with two attached hydrogens (primary N) is 1. The van der Waals surface area contributed by atoms with Crippen LogP contribution in [0.5, 0.6) is 5.88 Å². The van der Waals surface area contributed by atoms with E-state index >= 15 is 0 Å². The average Bonchev–Trinajstić information content (AvgIpc) is 2.63. The highest BCUT2D eigenvalue weighted by Crippen LogP contribution is 2.36. The van der Waals surface area contributed by atoms with Gasteiger partial charge in [0.05, 0.1) is 5.69 Å². The predicted molar refractivity (Wildman–Crippen MR) is 84.7 cm³/mol. The molecule has 3 unspecified atom stereocenters. The SMILES string of the molecule is Cc1nn(C)c(OC2CC(C)CCC2C(C)C)c1C(=N)N. The average molecular weight is 292 g/mol. The highest BCUT2D eigenvalue weighted by molar-refractivity contribution is 5.98. The summed E-state index contributed by atoms with van der Waals surface area (Å²) in [6.07, 6.45) is 3.72. The minimum absolute atomic E-state index is 0.0283. The molecule has 1 aromatic heterocycles. The normalized spacial score (nSPS) is 26.1. The van der Waals surface area contributed by atoms with E-state index in [2.05, 4.69) is 25.9 Å². The van der Waals surface area contributed by atoms with Gasteiger partial charge in [0.25, 0.3) is 0 Å². The van der Waals surface area contributed by atoms with Crippen molar-refractivity contribution in [1.82, 2.24) is 9.78 Å². The number of nitrogens with one attached hydrogen (secondary N) is 1. The zero-order valence-corrected chi connectivity index (χ0v) is 13.8. The van der Waals surface area contributed by atoms with Crippen molar-refractivity contribution >= 4 is 5.84 Å². The second-order valence-electron chi connectivity index (χ2n) is 6.79. The molecule has 1 aliphatic rings. The Balaban J connectivity index is 2.29. The van der Waals surface area contributed by atoms with Crippen LogP contribution in [-0.4, -0.2) is 21.7 Å². The second-order valence-corrected chi connectivity index (χ2v) is 6.79. The molecule has 118 valence electrons. The minimum Gasteiger partial charge on any atom is -0.474 e. The van der Waals surface area contributed by atoms with Crippen molar-refractivity contribution in [3.8, 4) is 5.88 Å². The second kappa shape index (κ2) is 6.08. The highest BCUT2D eigenvalue weighted by Gasteiger charge is 2.34. The van der Waals surface area contributed by atoms with Crippen LogP contribution < -0.4 is 10.5 Å². The largest absolute Gasteiger partial charge is 0.474 e. The fourth-order valence-electron chi connectivity index (χ4n) is 3.48. The summed E-state index contributed by atoms with van der Waals surface area (Å²) >= 11 is 0. The molecule has 2 rings (SSSR count). The van der Waals surface area contributed by atoms with E-state index in [0.717, 1.165) is 12.1 Å². The van der Waals surface area contributed by atoms with E-state index in [-0.39, 0.29) is 11.9 Å². The van der Waals surface area contributed by atoms with E-state index in [1.165, 1.54) is 12.8 Å². The molecule has 0 radical (unpaired) electrons. The Kier molecular flexibility index (Phi) is 4.59. The quantitative estimate of drug-likeness (QED) is 0.661. The summed E-state index contributed by atoms with van der Waals surface area (Å²) in [5, 5.41) is 12.1. The van der Waals surface area contributed by atoms with Crippen molar-refractivity contribution in [2.45, 2.75) is 53.1 Å². The monoisotopic (exact) mass is 292 g/mol. The lowest BCUT2D eigenvalue weighted by Gasteiger charge is -2.37. The van der Waals surface area contributed by atoms with E-state index in [1.54, 1.807) is 4.68 Å². The van der Waals surface area contributed by atoms with Crippen LogP contribution >= 0.6 is 0 Å². The molecule has 3 N–H and O–H groups in total. The van der Waals surface area contributed by atoms with Gasteiger partial charge in [-0.05, 0) is 37.5 Å². The Morgan fingerprint density at radius 3 is 2.67 bits per heavy atom. The predicted octanol–water partition coefficient (Wildman–Crippen LogP) is 2.85. The third kappa shape index (κ3) is 3.22. The number of hydrogen-bond acceptors (Lipinski definition) is 3. The first-order valence-corrected chi connectivity index (χ1v) is 7.85. The number of amidine groups is 1. The fraction of sp³-hybridized carbons (Fsp3) is 0.750. The van der Waals surface area contributed by atoms with Gasteiger partial charge in [0, 0.05) is 7.05 Å². The smallest absolute Gasteiger partial charge is 0.223 e. The maximum atomic E-state index is 7.77. The summed E-state index contributed by atoms with van der Waals surface area (Å²) in [6.45, 7) is 8.68. The molecule has 0 saturated heterocycles. The third-order valence-electron chi connectivity index (χ3n) is 4.66. The van der Waals surface area contributed by atoms with Crippen molar-refractivity contribution in [3.05, 3.63) is 11.3 Å². The van der Waals surface area contributed by atoms with Gasteiger partial charge in [-0.25, -0.2) is 4.68 Å². The first kappa shape index (κ1) is 15.9. The molecule has 5 nitrogen and oxygen atoms in total. The lowest BCUT2D eigenvalue weighted by atomic mass is 9.75. The van der Waals surface area contributed by atoms with Gasteiger partial charge in [-0.3, -0.25) is 5.41 Å². The van der Waals surface area contributed by atoms with Crippen LogP contribution in [0.25, 0.3) is 0 Å². The molecular formula is C16H28N4O. The van der Waals surface area contributed by atoms with Gasteiger partial charge in [-0.2, -0.15) is 5.10 Å². The van der Waals surface area contributed by atoms with E-state index in [9.17, 15) is 0 Å². The van der Waals surface area contributed by atoms with Crippen LogP contribution in [-0.2, 0) is 7.05 Å². The molecule has 0 bridgehead atoms. The zero-order chi connectivity index (χ0) is 15.7. The van der Waals surface area contributed by atoms with Crippen molar-refractivity contribution in [2.24, 2.45) is 30.5 Å². The van der Waals surface area contributed by atoms with Gasteiger partial charge in [0.2, 0.25) is 5.88 Å². The van der Waals surface area contributed by atoms with E-state index in [4.69, 9.17) is 15.9 Å². The number of nitrogens with zero attached hydrogens (tertiary/aromatic N) is 2. The summed E-state index contributed by atoms with van der Waals surface area (Å²) < 4.78 is 8.03. The number of rotatable bonds is 4. The van der Waals surface area contributed by atoms with Crippen LogP contribution in [0.15, 0.2) is 0 Å². The van der Waals surface area contributed by atoms with Crippen molar-refractivity contribution < 1.29 is 4.74 Å². The summed E-state index contributed by atoms with van der Waals surface area (Å²) in [4.78, 5) is 0. The Hall–Kier alpha value is -1.52. The first-order valence-electron chi connectivity index (χ1n) is 7.85. The van der Waals surface area contributed by atoms with E-state index < -0.39 is 0 Å². The Bertz CT molecular complexity index is 521. The van der Waals surface area contributed by atoms with Gasteiger partial charge in [-0.15, -0.1) is 0 Å². The van der Waals surface area contributed by atoms with Gasteiger partial charge >= 0.3 is 0 Å². The van der Waals surface area contributed by atoms with E-state index in [1.807, 2.05) is 14.0 Å². The molecule has 1 fully saturated rings. The molecule has 3 atom stereocenters. The molecule has 0 aromatic carbocycles. The summed E-state index contributed by atoms with van der Waals surface area (Å²) in [5.74, 6) is 2.50. The lowest BCUT2D eigenvalue weighted by molar-refractivity contribution is 0.0394. The van der Waals surface area contributed by atoms with Crippen LogP contribution in [0.4, 0.5) is 0 Å². The number of ether oxygens (including phenoxy) is 1. The molecule has 5 heteroatoms. The zero-order valence-electron chi connectivity index (χ0n) is 13.8. The van der Waals surface area contributed by atoms with Gasteiger partial charge in [-0.1, -0.05) is 27.2 Å². The van der Waals surface area contributed by atoms with Gasteiger partial charge in [0.15, 0.2) is 0 Å². The maximum Gasteiger partial charge on any atom is 0.223 e. The molecule has 0 amide bonds. The number of aryl methyl sites for hydroxylation is 2. The lowest BCUT2D eigenvalue weighted by Crippen LogP contribution is -2.37. The molecule has 1 aromatic rings. The van der Waals surface area contributed by atoms with Gasteiger partial charge < -0.3 is 10.5 Å². The fourth-order valence-corrected chi connectivity index (χ4v) is 3.48. The Labute approximate surface area is 127 Å². The summed E-state index contributed by atoms with van der Waals surface area (Å²) in [7, 11) is 1.85. The van der Waals surface area contributed by atoms with Crippen molar-refractivity contribution in [3.63, 3.8) is 0 Å². The molecule has 0 aliphatic heterocycles. The Morgan fingerprint density at radius 2 is 2.10 bits per heavy atom. The molecule has 1 saturated carbocycles. The molecule has 0 spiro atoms. The Morgan fingerprint density at radius 1 is 1.43 bits per heavy atom. The third-order valence-corrected chi connectivity index (χ3v) is 4.66. The van der Waals surface area contributed by atoms with Gasteiger partial charge in [0.1, 0.15) is 17.5 Å². The van der Waals surface area contributed by atoms with Crippen molar-refractivity contribution in [2.75, 3.05) is 0 Å². The van der Waals surface area contributed by atoms with Crippen LogP contribution in [0, 0.1) is 30.1 Å². The molecule has 1 heterocycles. The van der Waals surface area contributed by atoms with E-state index in [0.29, 0.717) is 29.2 Å². The standard InChI is InChI=1S/C16H28N4O/c1-9(2)12-7-6-10(3)8-13(12)21-16-14(15(17)18)11(4)19-20(16)5/h9-10,12-13H,6-8H2,1-5H3,(H3,17,18). The van der Waals surface area contributed by atoms with Crippen LogP contribution in [0.1, 0.15) is 51.3 Å². The molecule has 1 aliphatic carbocycles. The molecule has 21 heavy (non-hydrogen) atoms. The van der Waals surface area contributed by atoms with Crippen LogP contribution in [0.3, 0.4) is 0 Å². The highest BCUT2D eigenvalue weighted by atomic mass is 16.5. The number of nitrogen functional groups attached to an aromatic ring is 1.